The van der Waals surface area contributed by atoms with Crippen LogP contribution in [0.25, 0.3) is 22.2 Å². The Kier molecular flexibility index (Phi) is 6.64. The van der Waals surface area contributed by atoms with Gasteiger partial charge in [-0.05, 0) is 17.7 Å². The molecule has 0 saturated carbocycles. The molecule has 0 aliphatic rings. The molecule has 0 spiro atoms. The van der Waals surface area contributed by atoms with Crippen molar-refractivity contribution in [3.63, 3.8) is 0 Å². The van der Waals surface area contributed by atoms with Crippen molar-refractivity contribution in [1.82, 2.24) is 4.98 Å². The zero-order valence-electron chi connectivity index (χ0n) is 18.8. The van der Waals surface area contributed by atoms with Gasteiger partial charge >= 0.3 is 0 Å². The van der Waals surface area contributed by atoms with Crippen LogP contribution in [0.1, 0.15) is 0 Å². The van der Waals surface area contributed by atoms with E-state index in [4.69, 9.17) is 23.4 Å². The van der Waals surface area contributed by atoms with Crippen molar-refractivity contribution in [1.29, 1.82) is 0 Å². The molecule has 4 rings (SSSR count). The first kappa shape index (κ1) is 22.4. The number of nitrogens with one attached hydrogen (secondary N) is 2. The van der Waals surface area contributed by atoms with Crippen molar-refractivity contribution in [3.05, 3.63) is 59.8 Å². The highest BCUT2D eigenvalue weighted by Crippen LogP contribution is 2.41. The SMILES string of the molecule is COC[NH+]([O-])c1cccc(-c2cccc3nc(Nc4cc(OC)c(OC)c(OC)c4)oc23)c1. The van der Waals surface area contributed by atoms with Gasteiger partial charge in [0.05, 0.1) is 21.3 Å². The quantitative estimate of drug-likeness (QED) is 0.292. The van der Waals surface area contributed by atoms with Crippen LogP contribution in [0.3, 0.4) is 0 Å². The first-order chi connectivity index (χ1) is 16.1. The summed E-state index contributed by atoms with van der Waals surface area (Å²) in [6.07, 6.45) is 0. The van der Waals surface area contributed by atoms with E-state index in [1.54, 1.807) is 39.5 Å². The summed E-state index contributed by atoms with van der Waals surface area (Å²) in [5.74, 6) is 1.51. The Bertz CT molecular complexity index is 1230. The maximum Gasteiger partial charge on any atom is 0.300 e. The third kappa shape index (κ3) is 4.56. The van der Waals surface area contributed by atoms with Gasteiger partial charge in [-0.2, -0.15) is 4.98 Å². The first-order valence-corrected chi connectivity index (χ1v) is 10.2. The van der Waals surface area contributed by atoms with Crippen LogP contribution in [0.4, 0.5) is 17.4 Å². The number of quaternary nitrogens is 1. The van der Waals surface area contributed by atoms with Crippen LogP contribution < -0.4 is 24.6 Å². The highest BCUT2D eigenvalue weighted by Gasteiger charge is 2.16. The second-order valence-electron chi connectivity index (χ2n) is 7.15. The van der Waals surface area contributed by atoms with Crippen LogP contribution in [-0.4, -0.2) is 40.2 Å². The minimum absolute atomic E-state index is 0.0266. The molecule has 9 heteroatoms. The van der Waals surface area contributed by atoms with E-state index >= 15 is 0 Å². The predicted octanol–water partition coefficient (Wildman–Crippen LogP) is 3.88. The molecule has 172 valence electrons. The summed E-state index contributed by atoms with van der Waals surface area (Å²) < 4.78 is 27.2. The van der Waals surface area contributed by atoms with Crippen LogP contribution >= 0.6 is 0 Å². The largest absolute Gasteiger partial charge is 0.627 e. The van der Waals surface area contributed by atoms with Crippen LogP contribution in [0.5, 0.6) is 17.2 Å². The van der Waals surface area contributed by atoms with Gasteiger partial charge in [0.2, 0.25) is 5.75 Å². The van der Waals surface area contributed by atoms with E-state index in [1.165, 1.54) is 7.11 Å². The third-order valence-corrected chi connectivity index (χ3v) is 5.10. The van der Waals surface area contributed by atoms with Gasteiger partial charge in [-0.1, -0.05) is 24.3 Å². The summed E-state index contributed by atoms with van der Waals surface area (Å²) in [5.41, 5.74) is 4.18. The first-order valence-electron chi connectivity index (χ1n) is 10.2. The van der Waals surface area contributed by atoms with Crippen molar-refractivity contribution in [2.45, 2.75) is 0 Å². The van der Waals surface area contributed by atoms with E-state index in [-0.39, 0.29) is 11.8 Å². The number of aromatic nitrogens is 1. The molecular weight excluding hydrogens is 426 g/mol. The van der Waals surface area contributed by atoms with Crippen molar-refractivity contribution in [3.8, 4) is 28.4 Å². The molecule has 0 radical (unpaired) electrons. The molecule has 2 N–H and O–H groups in total. The Balaban J connectivity index is 1.70. The zero-order chi connectivity index (χ0) is 23.4. The third-order valence-electron chi connectivity index (χ3n) is 5.10. The van der Waals surface area contributed by atoms with Gasteiger partial charge in [0, 0.05) is 36.6 Å². The van der Waals surface area contributed by atoms with E-state index in [0.29, 0.717) is 45.7 Å². The Morgan fingerprint density at radius 3 is 2.33 bits per heavy atom. The molecular formula is C24H25N3O6. The van der Waals surface area contributed by atoms with Gasteiger partial charge in [-0.15, -0.1) is 0 Å². The normalized spacial score (nSPS) is 11.9. The monoisotopic (exact) mass is 451 g/mol. The fourth-order valence-corrected chi connectivity index (χ4v) is 3.58. The average molecular weight is 451 g/mol. The highest BCUT2D eigenvalue weighted by molar-refractivity contribution is 5.91. The summed E-state index contributed by atoms with van der Waals surface area (Å²) in [6.45, 7) is 0.0266. The minimum atomic E-state index is -0.0890. The van der Waals surface area contributed by atoms with E-state index in [2.05, 4.69) is 10.3 Å². The molecule has 1 unspecified atom stereocenters. The van der Waals surface area contributed by atoms with Crippen molar-refractivity contribution in [2.75, 3.05) is 40.5 Å². The van der Waals surface area contributed by atoms with Gasteiger partial charge < -0.3 is 39.0 Å². The van der Waals surface area contributed by atoms with Gasteiger partial charge in [-0.3, -0.25) is 0 Å². The Morgan fingerprint density at radius 1 is 0.939 bits per heavy atom. The molecule has 0 fully saturated rings. The number of rotatable bonds is 9. The number of anilines is 2. The Morgan fingerprint density at radius 2 is 1.67 bits per heavy atom. The number of benzene rings is 3. The van der Waals surface area contributed by atoms with Gasteiger partial charge in [0.15, 0.2) is 23.8 Å². The van der Waals surface area contributed by atoms with Crippen molar-refractivity contribution in [2.24, 2.45) is 0 Å². The summed E-state index contributed by atoms with van der Waals surface area (Å²) in [5, 5.41) is 15.3. The van der Waals surface area contributed by atoms with E-state index in [9.17, 15) is 5.21 Å². The molecule has 0 amide bonds. The van der Waals surface area contributed by atoms with Crippen LogP contribution in [0.15, 0.2) is 59.0 Å². The molecule has 1 aromatic heterocycles. The molecule has 0 aliphatic heterocycles. The minimum Gasteiger partial charge on any atom is -0.627 e. The number of nitrogens with zero attached hydrogens (tertiary/aromatic N) is 1. The second kappa shape index (κ2) is 9.78. The molecule has 1 atom stereocenters. The Hall–Kier alpha value is -3.79. The van der Waals surface area contributed by atoms with E-state index in [1.807, 2.05) is 36.4 Å². The number of methoxy groups -OCH3 is 4. The predicted molar refractivity (Wildman–Crippen MR) is 125 cm³/mol. The number of fused-ring (bicyclic) bond motifs is 1. The molecule has 33 heavy (non-hydrogen) atoms. The van der Waals surface area contributed by atoms with Crippen LogP contribution in [-0.2, 0) is 4.74 Å². The van der Waals surface area contributed by atoms with Crippen LogP contribution in [0.2, 0.25) is 0 Å². The lowest BCUT2D eigenvalue weighted by molar-refractivity contribution is -0.801. The summed E-state index contributed by atoms with van der Waals surface area (Å²) >= 11 is 0. The maximum atomic E-state index is 12.2. The molecule has 9 nitrogen and oxygen atoms in total. The molecule has 0 aliphatic carbocycles. The fourth-order valence-electron chi connectivity index (χ4n) is 3.58. The van der Waals surface area contributed by atoms with Crippen molar-refractivity contribution >= 4 is 28.5 Å². The number of hydroxylamine groups is 1. The van der Waals surface area contributed by atoms with Crippen LogP contribution in [0, 0.1) is 5.21 Å². The summed E-state index contributed by atoms with van der Waals surface area (Å²) in [7, 11) is 6.16. The number of hydrogen-bond donors (Lipinski definition) is 2. The maximum absolute atomic E-state index is 12.2. The second-order valence-corrected chi connectivity index (χ2v) is 7.15. The van der Waals surface area contributed by atoms with Gasteiger partial charge in [-0.25, -0.2) is 0 Å². The van der Waals surface area contributed by atoms with Crippen molar-refractivity contribution < 1.29 is 28.4 Å². The molecule has 4 aromatic rings. The number of para-hydroxylation sites is 1. The zero-order valence-corrected chi connectivity index (χ0v) is 18.8. The summed E-state index contributed by atoms with van der Waals surface area (Å²) in [6, 6.07) is 16.9. The molecule has 0 bridgehead atoms. The average Bonchev–Trinajstić information content (AvgIpc) is 3.26. The summed E-state index contributed by atoms with van der Waals surface area (Å²) in [4.78, 5) is 4.56. The smallest absolute Gasteiger partial charge is 0.300 e. The molecule has 1 heterocycles. The lowest BCUT2D eigenvalue weighted by atomic mass is 10.0. The standard InChI is InChI=1S/C24H25N3O6/c1-29-14-27(28)17-8-5-7-15(11-17)18-9-6-10-19-22(18)33-24(26-19)25-16-12-20(30-2)23(32-4)21(13-16)31-3/h5-13,27H,14H2,1-4H3,(H,25,26). The molecule has 0 saturated heterocycles. The fraction of sp³-hybridized carbons (Fsp3) is 0.208. The Labute approximate surface area is 191 Å². The van der Waals surface area contributed by atoms with Gasteiger partial charge in [0.25, 0.3) is 6.01 Å². The van der Waals surface area contributed by atoms with E-state index < -0.39 is 0 Å². The topological polar surface area (TPSA) is 102 Å². The lowest BCUT2D eigenvalue weighted by Gasteiger charge is -2.20. The molecule has 3 aromatic carbocycles. The number of ether oxygens (including phenoxy) is 4. The number of oxazole rings is 1. The van der Waals surface area contributed by atoms with Gasteiger partial charge in [0.1, 0.15) is 11.2 Å². The highest BCUT2D eigenvalue weighted by atomic mass is 16.6. The van der Waals surface area contributed by atoms with E-state index in [0.717, 1.165) is 11.1 Å². The number of hydrogen-bond acceptors (Lipinski definition) is 8. The lowest BCUT2D eigenvalue weighted by Crippen LogP contribution is -3.02.